The van der Waals surface area contributed by atoms with Crippen LogP contribution in [0.4, 0.5) is 0 Å². The monoisotopic (exact) mass is 150 g/mol. The lowest BCUT2D eigenvalue weighted by Gasteiger charge is -1.85. The summed E-state index contributed by atoms with van der Waals surface area (Å²) >= 11 is 0. The summed E-state index contributed by atoms with van der Waals surface area (Å²) in [7, 11) is 0. The quantitative estimate of drug-likeness (QED) is 0.622. The first-order valence-electron chi connectivity index (χ1n) is 3.10. The predicted octanol–water partition coefficient (Wildman–Crippen LogP) is 2.03. The van der Waals surface area contributed by atoms with E-state index in [9.17, 15) is 0 Å². The van der Waals surface area contributed by atoms with Crippen LogP contribution in [-0.2, 0) is 4.79 Å². The van der Waals surface area contributed by atoms with Crippen molar-refractivity contribution in [1.82, 2.24) is 0 Å². The molecule has 2 heteroatoms. The lowest BCUT2D eigenvalue weighted by atomic mass is 10.2. The van der Waals surface area contributed by atoms with Crippen molar-refractivity contribution < 1.29 is 9.90 Å². The van der Waals surface area contributed by atoms with Gasteiger partial charge in [0.25, 0.3) is 6.47 Å². The van der Waals surface area contributed by atoms with E-state index in [-0.39, 0.29) is 6.47 Å². The molecule has 0 heterocycles. The van der Waals surface area contributed by atoms with Gasteiger partial charge in [0.05, 0.1) is 0 Å². The Labute approximate surface area is 65.8 Å². The third kappa shape index (κ3) is 4.90. The highest BCUT2D eigenvalue weighted by molar-refractivity contribution is 5.45. The van der Waals surface area contributed by atoms with Gasteiger partial charge in [0, 0.05) is 0 Å². The van der Waals surface area contributed by atoms with Crippen molar-refractivity contribution in [2.24, 2.45) is 0 Å². The molecule has 0 atom stereocenters. The van der Waals surface area contributed by atoms with Gasteiger partial charge >= 0.3 is 0 Å². The Morgan fingerprint density at radius 2 is 1.73 bits per heavy atom. The molecule has 58 valence electrons. The summed E-state index contributed by atoms with van der Waals surface area (Å²) in [4.78, 5) is 8.36. The average molecular weight is 150 g/mol. The lowest BCUT2D eigenvalue weighted by molar-refractivity contribution is -0.122. The first kappa shape index (κ1) is 9.43. The lowest BCUT2D eigenvalue weighted by Crippen LogP contribution is -1.63. The minimum atomic E-state index is -0.250. The van der Waals surface area contributed by atoms with Crippen molar-refractivity contribution >= 4 is 12.5 Å². The van der Waals surface area contributed by atoms with Gasteiger partial charge in [0.15, 0.2) is 0 Å². The largest absolute Gasteiger partial charge is 0.483 e. The third-order valence-corrected chi connectivity index (χ3v) is 1.04. The van der Waals surface area contributed by atoms with Crippen molar-refractivity contribution in [1.29, 1.82) is 0 Å². The number of hydrogen-bond donors (Lipinski definition) is 1. The van der Waals surface area contributed by atoms with Gasteiger partial charge in [-0.2, -0.15) is 0 Å². The summed E-state index contributed by atoms with van der Waals surface area (Å²) in [6, 6.07) is 10.0. The number of hydrogen-bond acceptors (Lipinski definition) is 1. The summed E-state index contributed by atoms with van der Waals surface area (Å²) in [6.07, 6.45) is 1.83. The Morgan fingerprint density at radius 1 is 1.27 bits per heavy atom. The smallest absolute Gasteiger partial charge is 0.290 e. The molecule has 0 fully saturated rings. The second-order valence-corrected chi connectivity index (χ2v) is 1.72. The molecule has 0 saturated carbocycles. The normalized spacial score (nSPS) is 7.27. The molecule has 1 aromatic rings. The number of benzene rings is 1. The van der Waals surface area contributed by atoms with E-state index < -0.39 is 0 Å². The molecular formula is C9H10O2. The van der Waals surface area contributed by atoms with E-state index in [4.69, 9.17) is 9.90 Å². The van der Waals surface area contributed by atoms with Gasteiger partial charge in [-0.25, -0.2) is 0 Å². The summed E-state index contributed by atoms with van der Waals surface area (Å²) in [6.45, 7) is 3.38. The molecule has 0 aliphatic rings. The van der Waals surface area contributed by atoms with Crippen molar-refractivity contribution in [2.45, 2.75) is 0 Å². The molecule has 1 N–H and O–H groups in total. The SMILES string of the molecule is C=Cc1ccccc1.O=CO. The van der Waals surface area contributed by atoms with E-state index in [1.165, 1.54) is 5.56 Å². The number of carbonyl (C=O) groups is 1. The average Bonchev–Trinajstić information content (AvgIpc) is 2.08. The highest BCUT2D eigenvalue weighted by atomic mass is 16.3. The van der Waals surface area contributed by atoms with Crippen LogP contribution in [0.5, 0.6) is 0 Å². The Hall–Kier alpha value is -1.57. The maximum absolute atomic E-state index is 8.36. The summed E-state index contributed by atoms with van der Waals surface area (Å²) in [5.74, 6) is 0. The molecule has 0 amide bonds. The van der Waals surface area contributed by atoms with Crippen molar-refractivity contribution in [2.75, 3.05) is 0 Å². The molecular weight excluding hydrogens is 140 g/mol. The number of rotatable bonds is 1. The van der Waals surface area contributed by atoms with Crippen molar-refractivity contribution in [3.05, 3.63) is 42.5 Å². The van der Waals surface area contributed by atoms with E-state index in [1.54, 1.807) is 0 Å². The van der Waals surface area contributed by atoms with Crippen LogP contribution in [-0.4, -0.2) is 11.6 Å². The van der Waals surface area contributed by atoms with Crippen molar-refractivity contribution in [3.8, 4) is 0 Å². The standard InChI is InChI=1S/C8H8.CH2O2/c1-2-8-6-4-3-5-7-8;2-1-3/h2-7H,1H2;1H,(H,2,3). The molecule has 1 rings (SSSR count). The Balaban J connectivity index is 0.000000292. The molecule has 11 heavy (non-hydrogen) atoms. The molecule has 2 nitrogen and oxygen atoms in total. The van der Waals surface area contributed by atoms with Gasteiger partial charge in [-0.1, -0.05) is 43.0 Å². The molecule has 0 aliphatic heterocycles. The van der Waals surface area contributed by atoms with Crippen molar-refractivity contribution in [3.63, 3.8) is 0 Å². The Bertz CT molecular complexity index is 204. The van der Waals surface area contributed by atoms with Crippen LogP contribution in [0.25, 0.3) is 6.08 Å². The maximum atomic E-state index is 8.36. The molecule has 1 aromatic carbocycles. The van der Waals surface area contributed by atoms with E-state index in [0.29, 0.717) is 0 Å². The molecule has 0 aromatic heterocycles. The van der Waals surface area contributed by atoms with Crippen LogP contribution < -0.4 is 0 Å². The van der Waals surface area contributed by atoms with Crippen LogP contribution in [0.3, 0.4) is 0 Å². The summed E-state index contributed by atoms with van der Waals surface area (Å²) in [5, 5.41) is 6.89. The molecule has 0 radical (unpaired) electrons. The summed E-state index contributed by atoms with van der Waals surface area (Å²) < 4.78 is 0. The van der Waals surface area contributed by atoms with E-state index in [0.717, 1.165) is 0 Å². The highest BCUT2D eigenvalue weighted by Gasteiger charge is 1.75. The molecule has 0 spiro atoms. The van der Waals surface area contributed by atoms with Gasteiger partial charge in [0.2, 0.25) is 0 Å². The molecule has 0 bridgehead atoms. The van der Waals surface area contributed by atoms with Crippen LogP contribution >= 0.6 is 0 Å². The zero-order valence-electron chi connectivity index (χ0n) is 6.10. The van der Waals surface area contributed by atoms with E-state index >= 15 is 0 Å². The molecule has 0 unspecified atom stereocenters. The third-order valence-electron chi connectivity index (χ3n) is 1.04. The zero-order chi connectivity index (χ0) is 8.53. The molecule has 0 aliphatic carbocycles. The van der Waals surface area contributed by atoms with Crippen LogP contribution in [0, 0.1) is 0 Å². The fourth-order valence-electron chi connectivity index (χ4n) is 0.589. The van der Waals surface area contributed by atoms with Gasteiger partial charge in [-0.15, -0.1) is 0 Å². The molecule has 0 saturated heterocycles. The Morgan fingerprint density at radius 3 is 2.00 bits per heavy atom. The Kier molecular flexibility index (Phi) is 5.61. The number of carboxylic acid groups (broad SMARTS) is 1. The predicted molar refractivity (Wildman–Crippen MR) is 45.2 cm³/mol. The topological polar surface area (TPSA) is 37.3 Å². The fraction of sp³-hybridized carbons (Fsp3) is 0. The van der Waals surface area contributed by atoms with Gasteiger partial charge in [0.1, 0.15) is 0 Å². The minimum Gasteiger partial charge on any atom is -0.483 e. The summed E-state index contributed by atoms with van der Waals surface area (Å²) in [5.41, 5.74) is 1.17. The second-order valence-electron chi connectivity index (χ2n) is 1.72. The minimum absolute atomic E-state index is 0.250. The zero-order valence-corrected chi connectivity index (χ0v) is 6.10. The second kappa shape index (κ2) is 6.55. The first-order valence-corrected chi connectivity index (χ1v) is 3.10. The van der Waals surface area contributed by atoms with E-state index in [1.807, 2.05) is 36.4 Å². The van der Waals surface area contributed by atoms with Crippen LogP contribution in [0.1, 0.15) is 5.56 Å². The first-order chi connectivity index (χ1) is 5.35. The van der Waals surface area contributed by atoms with E-state index in [2.05, 4.69) is 6.58 Å². The highest BCUT2D eigenvalue weighted by Crippen LogP contribution is 1.97. The van der Waals surface area contributed by atoms with Gasteiger partial charge in [-0.3, -0.25) is 4.79 Å². The maximum Gasteiger partial charge on any atom is 0.290 e. The van der Waals surface area contributed by atoms with Crippen LogP contribution in [0.2, 0.25) is 0 Å². The van der Waals surface area contributed by atoms with Crippen LogP contribution in [0.15, 0.2) is 36.9 Å². The van der Waals surface area contributed by atoms with Gasteiger partial charge < -0.3 is 5.11 Å². The fourth-order valence-corrected chi connectivity index (χ4v) is 0.589. The van der Waals surface area contributed by atoms with Gasteiger partial charge in [-0.05, 0) is 5.56 Å².